The molecule has 1 fully saturated rings. The number of amides is 1. The number of guanidine groups is 1. The van der Waals surface area contributed by atoms with Gasteiger partial charge >= 0.3 is 0 Å². The molecule has 6 nitrogen and oxygen atoms in total. The van der Waals surface area contributed by atoms with Crippen molar-refractivity contribution in [3.63, 3.8) is 0 Å². The van der Waals surface area contributed by atoms with Gasteiger partial charge in [0.25, 0.3) is 5.91 Å². The molecule has 1 amide bonds. The molecule has 1 aromatic rings. The standard InChI is InChI=1S/C25H43N5O.HI/c1-6-26-25(27-13-7-8-15-30-18-20(2)16-21(3)19-30)28-14-12-22-10-9-11-23(17-22)24(31)29(4)5;/h9-11,17,20-21H,6-8,12-16,18-19H2,1-5H3,(H2,26,27,28);1H. The first-order chi connectivity index (χ1) is 14.9. The third-order valence-electron chi connectivity index (χ3n) is 5.73. The zero-order valence-electron chi connectivity index (χ0n) is 20.7. The normalized spacial score (nSPS) is 19.2. The predicted octanol–water partition coefficient (Wildman–Crippen LogP) is 3.86. The molecule has 1 aliphatic heterocycles. The van der Waals surface area contributed by atoms with Crippen LogP contribution in [0.15, 0.2) is 29.3 Å². The van der Waals surface area contributed by atoms with E-state index in [1.807, 2.05) is 18.2 Å². The fourth-order valence-corrected chi connectivity index (χ4v) is 4.40. The zero-order valence-corrected chi connectivity index (χ0v) is 23.0. The molecule has 0 aromatic heterocycles. The highest BCUT2D eigenvalue weighted by atomic mass is 127. The molecule has 2 atom stereocenters. The Kier molecular flexibility index (Phi) is 13.9. The number of nitrogens with one attached hydrogen (secondary N) is 2. The highest BCUT2D eigenvalue weighted by molar-refractivity contribution is 14.0. The number of carbonyl (C=O) groups is 1. The van der Waals surface area contributed by atoms with Crippen LogP contribution in [-0.2, 0) is 6.42 Å². The van der Waals surface area contributed by atoms with Crippen molar-refractivity contribution in [1.82, 2.24) is 20.4 Å². The van der Waals surface area contributed by atoms with E-state index in [4.69, 9.17) is 4.99 Å². The van der Waals surface area contributed by atoms with Crippen LogP contribution in [-0.4, -0.2) is 75.0 Å². The summed E-state index contributed by atoms with van der Waals surface area (Å²) in [5, 5.41) is 6.76. The number of hydrogen-bond acceptors (Lipinski definition) is 3. The van der Waals surface area contributed by atoms with E-state index < -0.39 is 0 Å². The largest absolute Gasteiger partial charge is 0.357 e. The van der Waals surface area contributed by atoms with Crippen LogP contribution in [0.4, 0.5) is 0 Å². The minimum Gasteiger partial charge on any atom is -0.357 e. The van der Waals surface area contributed by atoms with Crippen molar-refractivity contribution in [2.75, 3.05) is 53.4 Å². The molecule has 0 aliphatic carbocycles. The van der Waals surface area contributed by atoms with Crippen molar-refractivity contribution in [3.8, 4) is 0 Å². The van der Waals surface area contributed by atoms with Crippen molar-refractivity contribution in [2.45, 2.75) is 46.5 Å². The van der Waals surface area contributed by atoms with E-state index in [2.05, 4.69) is 42.4 Å². The molecule has 32 heavy (non-hydrogen) atoms. The number of unbranched alkanes of at least 4 members (excludes halogenated alkanes) is 1. The summed E-state index contributed by atoms with van der Waals surface area (Å²) < 4.78 is 0. The second-order valence-corrected chi connectivity index (χ2v) is 9.25. The highest BCUT2D eigenvalue weighted by Crippen LogP contribution is 2.21. The van der Waals surface area contributed by atoms with Gasteiger partial charge in [0.1, 0.15) is 0 Å². The second-order valence-electron chi connectivity index (χ2n) is 9.25. The molecule has 0 radical (unpaired) electrons. The fraction of sp³-hybridized carbons (Fsp3) is 0.680. The van der Waals surface area contributed by atoms with Crippen molar-refractivity contribution in [3.05, 3.63) is 35.4 Å². The molecule has 1 aromatic carbocycles. The van der Waals surface area contributed by atoms with E-state index in [-0.39, 0.29) is 29.9 Å². The summed E-state index contributed by atoms with van der Waals surface area (Å²) in [6.45, 7) is 13.0. The quantitative estimate of drug-likeness (QED) is 0.199. The average Bonchev–Trinajstić information content (AvgIpc) is 2.72. The molecular formula is C25H44IN5O. The van der Waals surface area contributed by atoms with Gasteiger partial charge in [-0.3, -0.25) is 9.79 Å². The number of aliphatic imine (C=N–C) groups is 1. The van der Waals surface area contributed by atoms with E-state index in [0.29, 0.717) is 0 Å². The Hall–Kier alpha value is -1.35. The van der Waals surface area contributed by atoms with E-state index in [9.17, 15) is 4.79 Å². The summed E-state index contributed by atoms with van der Waals surface area (Å²) in [7, 11) is 3.56. The Labute approximate surface area is 212 Å². The number of hydrogen-bond donors (Lipinski definition) is 2. The molecule has 1 saturated heterocycles. The summed E-state index contributed by atoms with van der Waals surface area (Å²) >= 11 is 0. The Morgan fingerprint density at radius 3 is 2.53 bits per heavy atom. The Balaban J connectivity index is 0.00000512. The molecular weight excluding hydrogens is 513 g/mol. The summed E-state index contributed by atoms with van der Waals surface area (Å²) in [6.07, 6.45) is 4.54. The fourth-order valence-electron chi connectivity index (χ4n) is 4.40. The van der Waals surface area contributed by atoms with Crippen molar-refractivity contribution < 1.29 is 4.79 Å². The highest BCUT2D eigenvalue weighted by Gasteiger charge is 2.20. The number of benzene rings is 1. The van der Waals surface area contributed by atoms with Gasteiger partial charge < -0.3 is 20.4 Å². The van der Waals surface area contributed by atoms with Crippen LogP contribution in [0.5, 0.6) is 0 Å². The third-order valence-corrected chi connectivity index (χ3v) is 5.73. The number of nitrogens with zero attached hydrogens (tertiary/aromatic N) is 3. The molecule has 1 aliphatic rings. The number of halogens is 1. The van der Waals surface area contributed by atoms with E-state index in [1.54, 1.807) is 19.0 Å². The van der Waals surface area contributed by atoms with Gasteiger partial charge in [-0.05, 0) is 68.7 Å². The Bertz CT molecular complexity index is 699. The molecule has 0 bridgehead atoms. The first kappa shape index (κ1) is 28.7. The molecule has 7 heteroatoms. The molecule has 2 N–H and O–H groups in total. The molecule has 182 valence electrons. The van der Waals surface area contributed by atoms with Gasteiger partial charge in [0.05, 0.1) is 0 Å². The van der Waals surface area contributed by atoms with Crippen molar-refractivity contribution >= 4 is 35.8 Å². The van der Waals surface area contributed by atoms with Crippen LogP contribution in [0, 0.1) is 11.8 Å². The van der Waals surface area contributed by atoms with Crippen molar-refractivity contribution in [2.24, 2.45) is 16.8 Å². The van der Waals surface area contributed by atoms with Gasteiger partial charge in [-0.25, -0.2) is 0 Å². The zero-order chi connectivity index (χ0) is 22.6. The summed E-state index contributed by atoms with van der Waals surface area (Å²) in [4.78, 5) is 21.1. The summed E-state index contributed by atoms with van der Waals surface area (Å²) in [6, 6.07) is 7.88. The second kappa shape index (κ2) is 15.5. The van der Waals surface area contributed by atoms with E-state index in [0.717, 1.165) is 61.4 Å². The SMILES string of the molecule is CCNC(=NCCCCN1CC(C)CC(C)C1)NCCc1cccc(C(=O)N(C)C)c1.I. The number of carbonyl (C=O) groups excluding carboxylic acids is 1. The number of piperidine rings is 1. The van der Waals surface area contributed by atoms with Crippen LogP contribution < -0.4 is 10.6 Å². The number of likely N-dealkylation sites (tertiary alicyclic amines) is 1. The maximum Gasteiger partial charge on any atom is 0.253 e. The lowest BCUT2D eigenvalue weighted by molar-refractivity contribution is 0.0827. The predicted molar refractivity (Wildman–Crippen MR) is 146 cm³/mol. The van der Waals surface area contributed by atoms with Crippen LogP contribution in [0.25, 0.3) is 0 Å². The monoisotopic (exact) mass is 557 g/mol. The van der Waals surface area contributed by atoms with Crippen LogP contribution in [0.2, 0.25) is 0 Å². The maximum absolute atomic E-state index is 12.1. The summed E-state index contributed by atoms with van der Waals surface area (Å²) in [5.41, 5.74) is 1.89. The molecule has 0 saturated carbocycles. The minimum absolute atomic E-state index is 0. The van der Waals surface area contributed by atoms with Gasteiger partial charge in [-0.1, -0.05) is 26.0 Å². The third kappa shape index (κ3) is 10.5. The smallest absolute Gasteiger partial charge is 0.253 e. The maximum atomic E-state index is 12.1. The van der Waals surface area contributed by atoms with Gasteiger partial charge in [-0.2, -0.15) is 0 Å². The lowest BCUT2D eigenvalue weighted by Gasteiger charge is -2.34. The summed E-state index contributed by atoms with van der Waals surface area (Å²) in [5.74, 6) is 2.57. The van der Waals surface area contributed by atoms with E-state index >= 15 is 0 Å². The average molecular weight is 558 g/mol. The molecule has 1 heterocycles. The lowest BCUT2D eigenvalue weighted by Crippen LogP contribution is -2.39. The molecule has 2 unspecified atom stereocenters. The Morgan fingerprint density at radius 1 is 1.16 bits per heavy atom. The van der Waals surface area contributed by atoms with Crippen LogP contribution >= 0.6 is 24.0 Å². The number of rotatable bonds is 10. The Morgan fingerprint density at radius 2 is 1.88 bits per heavy atom. The lowest BCUT2D eigenvalue weighted by atomic mass is 9.92. The molecule has 2 rings (SSSR count). The van der Waals surface area contributed by atoms with E-state index in [1.165, 1.54) is 32.5 Å². The minimum atomic E-state index is 0. The van der Waals surface area contributed by atoms with Gasteiger partial charge in [0.15, 0.2) is 5.96 Å². The molecule has 0 spiro atoms. The van der Waals surface area contributed by atoms with Crippen molar-refractivity contribution in [1.29, 1.82) is 0 Å². The van der Waals surface area contributed by atoms with Crippen LogP contribution in [0.1, 0.15) is 56.0 Å². The van der Waals surface area contributed by atoms with Crippen LogP contribution in [0.3, 0.4) is 0 Å². The van der Waals surface area contributed by atoms with Gasteiger partial charge in [-0.15, -0.1) is 24.0 Å². The van der Waals surface area contributed by atoms with Gasteiger partial charge in [0.2, 0.25) is 0 Å². The first-order valence-corrected chi connectivity index (χ1v) is 11.9. The van der Waals surface area contributed by atoms with Gasteiger partial charge in [0, 0.05) is 52.4 Å². The topological polar surface area (TPSA) is 60.0 Å². The first-order valence-electron chi connectivity index (χ1n) is 11.9.